The minimum atomic E-state index is -0.945. The van der Waals surface area contributed by atoms with Gasteiger partial charge in [-0.3, -0.25) is 4.79 Å². The van der Waals surface area contributed by atoms with Crippen molar-refractivity contribution in [3.05, 3.63) is 65.2 Å². The fraction of sp³-hybridized carbons (Fsp3) is 0.350. The molecule has 0 aliphatic carbocycles. The van der Waals surface area contributed by atoms with Gasteiger partial charge in [-0.1, -0.05) is 30.3 Å². The van der Waals surface area contributed by atoms with Gasteiger partial charge in [0.2, 0.25) is 0 Å². The Labute approximate surface area is 162 Å². The normalized spacial score (nSPS) is 23.7. The Morgan fingerprint density at radius 3 is 2.59 bits per heavy atom. The highest BCUT2D eigenvalue weighted by Gasteiger charge is 2.47. The Morgan fingerprint density at radius 2 is 1.89 bits per heavy atom. The van der Waals surface area contributed by atoms with Gasteiger partial charge >= 0.3 is 0 Å². The molecule has 0 saturated carbocycles. The quantitative estimate of drug-likeness (QED) is 0.867. The van der Waals surface area contributed by atoms with Crippen LogP contribution in [0.1, 0.15) is 22.0 Å². The van der Waals surface area contributed by atoms with Gasteiger partial charge in [-0.05, 0) is 23.6 Å². The molecular weight excluding hydrogens is 374 g/mol. The molecule has 4 rings (SSSR count). The third-order valence-electron chi connectivity index (χ3n) is 5.45. The number of likely N-dealkylation sites (tertiary alicyclic amines) is 1. The summed E-state index contributed by atoms with van der Waals surface area (Å²) in [5.74, 6) is -2.10. The molecule has 0 radical (unpaired) electrons. The van der Waals surface area contributed by atoms with Crippen LogP contribution in [-0.4, -0.2) is 37.6 Å². The first-order chi connectivity index (χ1) is 12.6. The number of benzene rings is 2. The van der Waals surface area contributed by atoms with Gasteiger partial charge in [0.1, 0.15) is 0 Å². The standard InChI is InChI=1S/C20H20F2N2O2.ClH/c1-26-19-16(21)8-7-14(17(19)22)20(25)24-11-13-9-23-10-15(13)18(24)12-5-3-2-4-6-12;/h2-8,13,15,18,23H,9-11H2,1H3;1H/t13-,15-,18-;/m0./s1. The lowest BCUT2D eigenvalue weighted by Crippen LogP contribution is -2.35. The molecule has 2 aliphatic rings. The molecule has 1 amide bonds. The topological polar surface area (TPSA) is 41.6 Å². The number of methoxy groups -OCH3 is 1. The van der Waals surface area contributed by atoms with Crippen LogP contribution in [0.15, 0.2) is 42.5 Å². The molecule has 0 spiro atoms. The summed E-state index contributed by atoms with van der Waals surface area (Å²) in [6.45, 7) is 2.21. The van der Waals surface area contributed by atoms with Crippen LogP contribution in [0.2, 0.25) is 0 Å². The number of nitrogens with one attached hydrogen (secondary N) is 1. The molecule has 7 heteroatoms. The van der Waals surface area contributed by atoms with E-state index in [1.54, 1.807) is 4.90 Å². The van der Waals surface area contributed by atoms with Gasteiger partial charge in [0.15, 0.2) is 17.4 Å². The fourth-order valence-corrected chi connectivity index (χ4v) is 4.25. The maximum absolute atomic E-state index is 14.6. The van der Waals surface area contributed by atoms with Crippen molar-refractivity contribution in [1.29, 1.82) is 0 Å². The van der Waals surface area contributed by atoms with Crippen LogP contribution in [0.5, 0.6) is 5.75 Å². The van der Waals surface area contributed by atoms with Crippen LogP contribution >= 0.6 is 12.4 Å². The average Bonchev–Trinajstić information content (AvgIpc) is 3.23. The number of nitrogens with zero attached hydrogens (tertiary/aromatic N) is 1. The molecule has 27 heavy (non-hydrogen) atoms. The van der Waals surface area contributed by atoms with Gasteiger partial charge in [-0.2, -0.15) is 0 Å². The molecule has 2 saturated heterocycles. The summed E-state index contributed by atoms with van der Waals surface area (Å²) in [6.07, 6.45) is 0. The van der Waals surface area contributed by atoms with Crippen LogP contribution in [0.3, 0.4) is 0 Å². The monoisotopic (exact) mass is 394 g/mol. The van der Waals surface area contributed by atoms with Crippen LogP contribution in [0.4, 0.5) is 8.78 Å². The van der Waals surface area contributed by atoms with Crippen molar-refractivity contribution in [3.63, 3.8) is 0 Å². The van der Waals surface area contributed by atoms with Crippen LogP contribution in [0, 0.1) is 23.5 Å². The molecule has 2 aromatic rings. The molecule has 3 atom stereocenters. The first-order valence-electron chi connectivity index (χ1n) is 8.70. The van der Waals surface area contributed by atoms with E-state index in [-0.39, 0.29) is 29.9 Å². The predicted octanol–water partition coefficient (Wildman–Crippen LogP) is 3.43. The summed E-state index contributed by atoms with van der Waals surface area (Å²) in [5, 5.41) is 3.38. The van der Waals surface area contributed by atoms with Crippen molar-refractivity contribution in [2.24, 2.45) is 11.8 Å². The Kier molecular flexibility index (Phi) is 5.67. The van der Waals surface area contributed by atoms with Crippen molar-refractivity contribution in [3.8, 4) is 5.75 Å². The van der Waals surface area contributed by atoms with E-state index in [1.165, 1.54) is 13.2 Å². The minimum Gasteiger partial charge on any atom is -0.491 e. The van der Waals surface area contributed by atoms with Gasteiger partial charge < -0.3 is 15.0 Å². The highest BCUT2D eigenvalue weighted by atomic mass is 35.5. The second-order valence-corrected chi connectivity index (χ2v) is 6.84. The number of carbonyl (C=O) groups is 1. The molecule has 4 nitrogen and oxygen atoms in total. The largest absolute Gasteiger partial charge is 0.491 e. The van der Waals surface area contributed by atoms with E-state index in [0.29, 0.717) is 12.5 Å². The maximum atomic E-state index is 14.6. The Hall–Kier alpha value is -2.18. The van der Waals surface area contributed by atoms with Gasteiger partial charge in [-0.15, -0.1) is 12.4 Å². The zero-order valence-electron chi connectivity index (χ0n) is 14.8. The van der Waals surface area contributed by atoms with E-state index in [9.17, 15) is 13.6 Å². The van der Waals surface area contributed by atoms with Crippen molar-refractivity contribution >= 4 is 18.3 Å². The van der Waals surface area contributed by atoms with Crippen LogP contribution in [0.25, 0.3) is 0 Å². The second kappa shape index (κ2) is 7.82. The summed E-state index contributed by atoms with van der Waals surface area (Å²) >= 11 is 0. The summed E-state index contributed by atoms with van der Waals surface area (Å²) in [6, 6.07) is 11.9. The number of hydrogen-bond donors (Lipinski definition) is 1. The van der Waals surface area contributed by atoms with Crippen molar-refractivity contribution in [2.45, 2.75) is 6.04 Å². The summed E-state index contributed by atoms with van der Waals surface area (Å²) in [5.41, 5.74) is 0.878. The highest BCUT2D eigenvalue weighted by molar-refractivity contribution is 5.95. The molecule has 0 unspecified atom stereocenters. The molecule has 2 fully saturated rings. The Bertz CT molecular complexity index is 834. The van der Waals surface area contributed by atoms with Gasteiger partial charge in [0.05, 0.1) is 18.7 Å². The third-order valence-corrected chi connectivity index (χ3v) is 5.45. The SMILES string of the molecule is COc1c(F)ccc(C(=O)N2C[C@@H]3CNC[C@@H]3[C@@H]2c2ccccc2)c1F.Cl. The number of amides is 1. The first kappa shape index (κ1) is 19.6. The number of carbonyl (C=O) groups excluding carboxylic acids is 1. The van der Waals surface area contributed by atoms with E-state index in [4.69, 9.17) is 4.74 Å². The average molecular weight is 395 g/mol. The molecule has 2 heterocycles. The summed E-state index contributed by atoms with van der Waals surface area (Å²) in [4.78, 5) is 14.9. The van der Waals surface area contributed by atoms with E-state index in [1.807, 2.05) is 30.3 Å². The summed E-state index contributed by atoms with van der Waals surface area (Å²) in [7, 11) is 1.19. The predicted molar refractivity (Wildman–Crippen MR) is 100 cm³/mol. The zero-order valence-corrected chi connectivity index (χ0v) is 15.6. The van der Waals surface area contributed by atoms with Crippen molar-refractivity contribution < 1.29 is 18.3 Å². The van der Waals surface area contributed by atoms with Gasteiger partial charge in [0, 0.05) is 25.6 Å². The van der Waals surface area contributed by atoms with Gasteiger partial charge in [-0.25, -0.2) is 8.78 Å². The number of halogens is 3. The van der Waals surface area contributed by atoms with Crippen LogP contribution in [-0.2, 0) is 0 Å². The van der Waals surface area contributed by atoms with E-state index >= 15 is 0 Å². The number of fused-ring (bicyclic) bond motifs is 1. The molecular formula is C20H21ClF2N2O2. The molecule has 0 bridgehead atoms. The molecule has 0 aromatic heterocycles. The minimum absolute atomic E-state index is 0. The number of rotatable bonds is 3. The molecule has 1 N–H and O–H groups in total. The van der Waals surface area contributed by atoms with E-state index < -0.39 is 23.3 Å². The van der Waals surface area contributed by atoms with Crippen LogP contribution < -0.4 is 10.1 Å². The Morgan fingerprint density at radius 1 is 1.15 bits per heavy atom. The highest BCUT2D eigenvalue weighted by Crippen LogP contribution is 2.43. The lowest BCUT2D eigenvalue weighted by atomic mass is 9.89. The molecule has 2 aliphatic heterocycles. The first-order valence-corrected chi connectivity index (χ1v) is 8.70. The van der Waals surface area contributed by atoms with Crippen molar-refractivity contribution in [2.75, 3.05) is 26.7 Å². The lowest BCUT2D eigenvalue weighted by Gasteiger charge is -2.28. The number of hydrogen-bond acceptors (Lipinski definition) is 3. The molecule has 144 valence electrons. The van der Waals surface area contributed by atoms with E-state index in [2.05, 4.69) is 5.32 Å². The third kappa shape index (κ3) is 3.28. The van der Waals surface area contributed by atoms with Crippen molar-refractivity contribution in [1.82, 2.24) is 10.2 Å². The zero-order chi connectivity index (χ0) is 18.3. The fourth-order valence-electron chi connectivity index (χ4n) is 4.25. The van der Waals surface area contributed by atoms with Gasteiger partial charge in [0.25, 0.3) is 5.91 Å². The second-order valence-electron chi connectivity index (χ2n) is 6.84. The smallest absolute Gasteiger partial charge is 0.257 e. The lowest BCUT2D eigenvalue weighted by molar-refractivity contribution is 0.0708. The molecule has 2 aromatic carbocycles. The maximum Gasteiger partial charge on any atom is 0.257 e. The van der Waals surface area contributed by atoms with E-state index in [0.717, 1.165) is 24.7 Å². The Balaban J connectivity index is 0.00000210. The summed E-state index contributed by atoms with van der Waals surface area (Å²) < 4.78 is 33.1. The number of ether oxygens (including phenoxy) is 1.